The lowest BCUT2D eigenvalue weighted by Gasteiger charge is -2.35. The van der Waals surface area contributed by atoms with Gasteiger partial charge in [-0.05, 0) is 31.4 Å². The lowest BCUT2D eigenvalue weighted by molar-refractivity contribution is -0.0288. The fraction of sp³-hybridized carbons (Fsp3) is 0.538. The first kappa shape index (κ1) is 15.4. The van der Waals surface area contributed by atoms with Crippen LogP contribution in [0.2, 0.25) is 5.02 Å². The second kappa shape index (κ2) is 6.48. The van der Waals surface area contributed by atoms with E-state index >= 15 is 0 Å². The van der Waals surface area contributed by atoms with Crippen molar-refractivity contribution in [2.75, 3.05) is 7.11 Å². The molecule has 5 heteroatoms. The van der Waals surface area contributed by atoms with Gasteiger partial charge in [0.15, 0.2) is 0 Å². The quantitative estimate of drug-likeness (QED) is 0.619. The van der Waals surface area contributed by atoms with Gasteiger partial charge in [0.1, 0.15) is 5.82 Å². The maximum Gasteiger partial charge on any atom is 0.142 e. The molecule has 0 fully saturated rings. The summed E-state index contributed by atoms with van der Waals surface area (Å²) in [6.45, 7) is 3.98. The van der Waals surface area contributed by atoms with Crippen molar-refractivity contribution in [3.05, 3.63) is 34.6 Å². The largest absolute Gasteiger partial charge is 0.377 e. The highest BCUT2D eigenvalue weighted by molar-refractivity contribution is 6.31. The van der Waals surface area contributed by atoms with E-state index in [0.29, 0.717) is 6.42 Å². The molecule has 0 saturated carbocycles. The summed E-state index contributed by atoms with van der Waals surface area (Å²) in [5.74, 6) is 5.16. The van der Waals surface area contributed by atoms with E-state index in [1.165, 1.54) is 6.07 Å². The molecular weight excluding hydrogens is 255 g/mol. The molecule has 102 valence electrons. The minimum absolute atomic E-state index is 0.146. The van der Waals surface area contributed by atoms with E-state index in [0.717, 1.165) is 12.0 Å². The van der Waals surface area contributed by atoms with Crippen molar-refractivity contribution in [2.24, 2.45) is 5.84 Å². The van der Waals surface area contributed by atoms with Crippen molar-refractivity contribution in [3.63, 3.8) is 0 Å². The zero-order chi connectivity index (χ0) is 13.8. The highest BCUT2D eigenvalue weighted by atomic mass is 35.5. The molecule has 3 N–H and O–H groups in total. The second-order valence-electron chi connectivity index (χ2n) is 4.51. The van der Waals surface area contributed by atoms with Gasteiger partial charge in [0.05, 0.1) is 16.7 Å². The Morgan fingerprint density at radius 3 is 2.72 bits per heavy atom. The molecule has 1 aromatic rings. The highest BCUT2D eigenvalue weighted by Gasteiger charge is 2.32. The summed E-state index contributed by atoms with van der Waals surface area (Å²) in [7, 11) is 1.64. The smallest absolute Gasteiger partial charge is 0.142 e. The van der Waals surface area contributed by atoms with E-state index in [4.69, 9.17) is 22.2 Å². The minimum atomic E-state index is -0.426. The predicted molar refractivity (Wildman–Crippen MR) is 71.9 cm³/mol. The molecule has 0 heterocycles. The van der Waals surface area contributed by atoms with Gasteiger partial charge in [-0.25, -0.2) is 4.39 Å². The Kier molecular flexibility index (Phi) is 5.53. The van der Waals surface area contributed by atoms with Gasteiger partial charge in [-0.3, -0.25) is 11.3 Å². The number of benzene rings is 1. The Balaban J connectivity index is 2.96. The topological polar surface area (TPSA) is 47.3 Å². The molecule has 2 atom stereocenters. The van der Waals surface area contributed by atoms with Crippen LogP contribution in [-0.4, -0.2) is 18.8 Å². The molecular formula is C13H20ClFN2O. The number of nitrogens with two attached hydrogens (primary N) is 1. The summed E-state index contributed by atoms with van der Waals surface area (Å²) >= 11 is 5.95. The fourth-order valence-corrected chi connectivity index (χ4v) is 2.11. The van der Waals surface area contributed by atoms with E-state index in [1.54, 1.807) is 19.2 Å². The molecule has 0 aliphatic rings. The third-order valence-corrected chi connectivity index (χ3v) is 3.99. The van der Waals surface area contributed by atoms with Gasteiger partial charge in [-0.15, -0.1) is 0 Å². The number of hydrazine groups is 1. The van der Waals surface area contributed by atoms with E-state index < -0.39 is 11.4 Å². The molecule has 0 spiro atoms. The molecule has 0 radical (unpaired) electrons. The minimum Gasteiger partial charge on any atom is -0.377 e. The molecule has 0 saturated heterocycles. The van der Waals surface area contributed by atoms with E-state index in [1.807, 2.05) is 13.8 Å². The standard InChI is InChI=1S/C13H20ClFN2O/c1-4-13(2,18-3)11(17-16)8-9-6-5-7-10(15)12(9)14/h5-7,11,17H,4,8,16H2,1-3H3. The number of halogens is 2. The van der Waals surface area contributed by atoms with Crippen LogP contribution in [0.1, 0.15) is 25.8 Å². The molecule has 0 bridgehead atoms. The summed E-state index contributed by atoms with van der Waals surface area (Å²) in [4.78, 5) is 0. The average molecular weight is 275 g/mol. The summed E-state index contributed by atoms with van der Waals surface area (Å²) in [5.41, 5.74) is 3.03. The molecule has 0 aliphatic heterocycles. The molecule has 2 unspecified atom stereocenters. The first-order valence-electron chi connectivity index (χ1n) is 5.92. The predicted octanol–water partition coefficient (Wildman–Crippen LogP) is 2.67. The molecule has 0 aliphatic carbocycles. The third-order valence-electron chi connectivity index (χ3n) is 3.56. The molecule has 0 amide bonds. The highest BCUT2D eigenvalue weighted by Crippen LogP contribution is 2.26. The number of methoxy groups -OCH3 is 1. The van der Waals surface area contributed by atoms with Crippen LogP contribution in [-0.2, 0) is 11.2 Å². The summed E-state index contributed by atoms with van der Waals surface area (Å²) in [6.07, 6.45) is 1.29. The van der Waals surface area contributed by atoms with Crippen LogP contribution in [0.3, 0.4) is 0 Å². The van der Waals surface area contributed by atoms with Crippen molar-refractivity contribution < 1.29 is 9.13 Å². The van der Waals surface area contributed by atoms with Crippen LogP contribution in [0.15, 0.2) is 18.2 Å². The van der Waals surface area contributed by atoms with Crippen molar-refractivity contribution in [1.29, 1.82) is 0 Å². The average Bonchev–Trinajstić information content (AvgIpc) is 2.39. The number of rotatable bonds is 6. The Bertz CT molecular complexity index is 397. The zero-order valence-electron chi connectivity index (χ0n) is 11.0. The van der Waals surface area contributed by atoms with Gasteiger partial charge in [0.2, 0.25) is 0 Å². The van der Waals surface area contributed by atoms with Crippen LogP contribution in [0.4, 0.5) is 4.39 Å². The first-order valence-corrected chi connectivity index (χ1v) is 6.30. The third kappa shape index (κ3) is 3.20. The Labute approximate surface area is 112 Å². The van der Waals surface area contributed by atoms with Crippen molar-refractivity contribution in [2.45, 2.75) is 38.3 Å². The first-order chi connectivity index (χ1) is 8.48. The Hall–Kier alpha value is -0.680. The van der Waals surface area contributed by atoms with E-state index in [9.17, 15) is 4.39 Å². The number of ether oxygens (including phenoxy) is 1. The van der Waals surface area contributed by atoms with Crippen molar-refractivity contribution in [3.8, 4) is 0 Å². The molecule has 1 aromatic carbocycles. The van der Waals surface area contributed by atoms with Gasteiger partial charge in [-0.2, -0.15) is 0 Å². The zero-order valence-corrected chi connectivity index (χ0v) is 11.7. The Morgan fingerprint density at radius 1 is 1.56 bits per heavy atom. The van der Waals surface area contributed by atoms with Gasteiger partial charge in [0, 0.05) is 7.11 Å². The summed E-state index contributed by atoms with van der Waals surface area (Å²) in [6, 6.07) is 4.63. The molecule has 3 nitrogen and oxygen atoms in total. The van der Waals surface area contributed by atoms with Crippen LogP contribution in [0.5, 0.6) is 0 Å². The Morgan fingerprint density at radius 2 is 2.22 bits per heavy atom. The maximum absolute atomic E-state index is 13.4. The van der Waals surface area contributed by atoms with Gasteiger partial charge < -0.3 is 4.74 Å². The number of hydrogen-bond acceptors (Lipinski definition) is 3. The molecule has 0 aromatic heterocycles. The number of hydrogen-bond donors (Lipinski definition) is 2. The van der Waals surface area contributed by atoms with E-state index in [-0.39, 0.29) is 11.1 Å². The van der Waals surface area contributed by atoms with Crippen molar-refractivity contribution in [1.82, 2.24) is 5.43 Å². The maximum atomic E-state index is 13.4. The SMILES string of the molecule is CCC(C)(OC)C(Cc1cccc(F)c1Cl)NN. The van der Waals surface area contributed by atoms with Crippen LogP contribution in [0, 0.1) is 5.82 Å². The molecule has 18 heavy (non-hydrogen) atoms. The lowest BCUT2D eigenvalue weighted by atomic mass is 9.88. The number of nitrogens with one attached hydrogen (secondary N) is 1. The van der Waals surface area contributed by atoms with Crippen LogP contribution >= 0.6 is 11.6 Å². The fourth-order valence-electron chi connectivity index (χ4n) is 1.91. The second-order valence-corrected chi connectivity index (χ2v) is 4.88. The summed E-state index contributed by atoms with van der Waals surface area (Å²) < 4.78 is 18.9. The van der Waals surface area contributed by atoms with Crippen molar-refractivity contribution >= 4 is 11.6 Å². The molecule has 1 rings (SSSR count). The van der Waals surface area contributed by atoms with Gasteiger partial charge in [-0.1, -0.05) is 30.7 Å². The van der Waals surface area contributed by atoms with Gasteiger partial charge in [0.25, 0.3) is 0 Å². The van der Waals surface area contributed by atoms with E-state index in [2.05, 4.69) is 5.43 Å². The van der Waals surface area contributed by atoms with Crippen LogP contribution in [0.25, 0.3) is 0 Å². The lowest BCUT2D eigenvalue weighted by Crippen LogP contribution is -2.53. The van der Waals surface area contributed by atoms with Crippen LogP contribution < -0.4 is 11.3 Å². The van der Waals surface area contributed by atoms with Gasteiger partial charge >= 0.3 is 0 Å². The summed E-state index contributed by atoms with van der Waals surface area (Å²) in [5, 5.41) is 0.146. The normalized spacial score (nSPS) is 16.3. The monoisotopic (exact) mass is 274 g/mol.